The number of carbonyl (C=O) groups excluding carboxylic acids is 1. The van der Waals surface area contributed by atoms with Crippen molar-refractivity contribution >= 4 is 34.0 Å². The molecule has 0 radical (unpaired) electrons. The fourth-order valence-electron chi connectivity index (χ4n) is 3.05. The van der Waals surface area contributed by atoms with Crippen molar-refractivity contribution in [1.29, 1.82) is 0 Å². The van der Waals surface area contributed by atoms with Crippen LogP contribution in [-0.4, -0.2) is 52.4 Å². The second-order valence-corrected chi connectivity index (χ2v) is 8.16. The summed E-state index contributed by atoms with van der Waals surface area (Å²) in [7, 11) is -0.464. The fourth-order valence-corrected chi connectivity index (χ4v) is 3.97. The number of nitrogens with zero attached hydrogens (tertiary/aromatic N) is 2. The highest BCUT2D eigenvalue weighted by Crippen LogP contribution is 2.32. The van der Waals surface area contributed by atoms with Crippen molar-refractivity contribution in [1.82, 2.24) is 9.62 Å². The Kier molecular flexibility index (Phi) is 5.35. The lowest BCUT2D eigenvalue weighted by molar-refractivity contribution is -0.121. The number of sulfonamides is 1. The van der Waals surface area contributed by atoms with Crippen LogP contribution >= 0.6 is 12.4 Å². The molecule has 1 N–H and O–H groups in total. The average Bonchev–Trinajstić information content (AvgIpc) is 3.15. The van der Waals surface area contributed by atoms with Crippen molar-refractivity contribution in [3.63, 3.8) is 0 Å². The Labute approximate surface area is 143 Å². The van der Waals surface area contributed by atoms with Crippen LogP contribution in [0.25, 0.3) is 0 Å². The Bertz CT molecular complexity index is 700. The number of amides is 1. The summed E-state index contributed by atoms with van der Waals surface area (Å²) in [6.07, 6.45) is 1.63. The fraction of sp³-hybridized carbons (Fsp3) is 0.533. The van der Waals surface area contributed by atoms with Gasteiger partial charge in [-0.2, -0.15) is 0 Å². The Hall–Kier alpha value is -1.15. The van der Waals surface area contributed by atoms with Crippen molar-refractivity contribution in [2.24, 2.45) is 5.92 Å². The smallest absolute Gasteiger partial charge is 0.242 e. The molecule has 2 heterocycles. The van der Waals surface area contributed by atoms with Crippen molar-refractivity contribution in [2.45, 2.75) is 17.7 Å². The molecule has 3 rings (SSSR count). The number of hydrogen-bond donors (Lipinski definition) is 1. The summed E-state index contributed by atoms with van der Waals surface area (Å²) in [5, 5.41) is 3.20. The van der Waals surface area contributed by atoms with Crippen LogP contribution in [0.4, 0.5) is 5.69 Å². The monoisotopic (exact) mass is 359 g/mol. The minimum Gasteiger partial charge on any atom is -0.316 e. The number of anilines is 1. The number of rotatable bonds is 3. The summed E-state index contributed by atoms with van der Waals surface area (Å²) in [4.78, 5) is 14.6. The molecule has 0 saturated carbocycles. The van der Waals surface area contributed by atoms with Gasteiger partial charge in [-0.1, -0.05) is 6.07 Å². The SMILES string of the molecule is CN(C)S(=O)(=O)c1ccc2c(c1)N(C(=O)C1CCNC1)CC2.Cl. The molecule has 1 fully saturated rings. The van der Waals surface area contributed by atoms with E-state index < -0.39 is 10.0 Å². The molecule has 1 unspecified atom stereocenters. The molecule has 0 spiro atoms. The quantitative estimate of drug-likeness (QED) is 0.869. The lowest BCUT2D eigenvalue weighted by Gasteiger charge is -2.21. The normalized spacial score (nSPS) is 20.5. The summed E-state index contributed by atoms with van der Waals surface area (Å²) >= 11 is 0. The predicted octanol–water partition coefficient (Wildman–Crippen LogP) is 0.857. The van der Waals surface area contributed by atoms with Crippen LogP contribution in [0.3, 0.4) is 0 Å². The lowest BCUT2D eigenvalue weighted by Crippen LogP contribution is -2.36. The molecule has 23 heavy (non-hydrogen) atoms. The third kappa shape index (κ3) is 3.24. The zero-order chi connectivity index (χ0) is 15.9. The Balaban J connectivity index is 0.00000192. The van der Waals surface area contributed by atoms with E-state index in [1.54, 1.807) is 17.0 Å². The van der Waals surface area contributed by atoms with Gasteiger partial charge in [-0.3, -0.25) is 4.79 Å². The number of halogens is 1. The van der Waals surface area contributed by atoms with Gasteiger partial charge in [0.05, 0.1) is 10.8 Å². The highest BCUT2D eigenvalue weighted by Gasteiger charge is 2.32. The summed E-state index contributed by atoms with van der Waals surface area (Å²) in [5.74, 6) is 0.100. The molecule has 1 aromatic rings. The lowest BCUT2D eigenvalue weighted by atomic mass is 10.1. The number of benzene rings is 1. The Morgan fingerprint density at radius 3 is 2.70 bits per heavy atom. The van der Waals surface area contributed by atoms with Gasteiger partial charge in [0.1, 0.15) is 0 Å². The van der Waals surface area contributed by atoms with Gasteiger partial charge in [0.15, 0.2) is 0 Å². The molecule has 1 amide bonds. The predicted molar refractivity (Wildman–Crippen MR) is 91.6 cm³/mol. The molecular weight excluding hydrogens is 338 g/mol. The molecule has 128 valence electrons. The highest BCUT2D eigenvalue weighted by molar-refractivity contribution is 7.89. The van der Waals surface area contributed by atoms with Crippen LogP contribution in [0.5, 0.6) is 0 Å². The molecule has 0 aliphatic carbocycles. The first-order valence-corrected chi connectivity index (χ1v) is 8.93. The first kappa shape index (κ1) is 18.2. The van der Waals surface area contributed by atoms with Crippen molar-refractivity contribution < 1.29 is 13.2 Å². The summed E-state index contributed by atoms with van der Waals surface area (Å²) in [5.41, 5.74) is 1.79. The molecule has 1 aromatic carbocycles. The molecule has 0 aromatic heterocycles. The van der Waals surface area contributed by atoms with E-state index in [0.717, 1.165) is 30.6 Å². The van der Waals surface area contributed by atoms with Crippen molar-refractivity contribution in [2.75, 3.05) is 38.6 Å². The number of hydrogen-bond acceptors (Lipinski definition) is 4. The van der Waals surface area contributed by atoms with Gasteiger partial charge in [0, 0.05) is 32.9 Å². The van der Waals surface area contributed by atoms with E-state index in [4.69, 9.17) is 0 Å². The van der Waals surface area contributed by atoms with Crippen LogP contribution in [0.2, 0.25) is 0 Å². The minimum atomic E-state index is -3.48. The number of fused-ring (bicyclic) bond motifs is 1. The molecule has 1 atom stereocenters. The van der Waals surface area contributed by atoms with E-state index in [-0.39, 0.29) is 29.1 Å². The van der Waals surface area contributed by atoms with E-state index in [2.05, 4.69) is 5.32 Å². The van der Waals surface area contributed by atoms with Crippen molar-refractivity contribution in [3.05, 3.63) is 23.8 Å². The van der Waals surface area contributed by atoms with Gasteiger partial charge in [0.2, 0.25) is 15.9 Å². The standard InChI is InChI=1S/C15H21N3O3S.ClH/c1-17(2)22(20,21)13-4-3-11-6-8-18(14(11)9-13)15(19)12-5-7-16-10-12;/h3-4,9,12,16H,5-8,10H2,1-2H3;1H. The molecule has 2 aliphatic rings. The Morgan fingerprint density at radius 2 is 2.09 bits per heavy atom. The summed E-state index contributed by atoms with van der Waals surface area (Å²) in [6.45, 7) is 2.21. The first-order chi connectivity index (χ1) is 10.4. The van der Waals surface area contributed by atoms with E-state index in [9.17, 15) is 13.2 Å². The van der Waals surface area contributed by atoms with Gasteiger partial charge < -0.3 is 10.2 Å². The molecule has 0 bridgehead atoms. The maximum absolute atomic E-state index is 12.6. The zero-order valence-corrected chi connectivity index (χ0v) is 14.9. The van der Waals surface area contributed by atoms with E-state index >= 15 is 0 Å². The Morgan fingerprint density at radius 1 is 1.35 bits per heavy atom. The highest BCUT2D eigenvalue weighted by atomic mass is 35.5. The minimum absolute atomic E-state index is 0. The molecule has 2 aliphatic heterocycles. The summed E-state index contributed by atoms with van der Waals surface area (Å²) < 4.78 is 25.7. The third-order valence-corrected chi connectivity index (χ3v) is 6.22. The molecule has 6 nitrogen and oxygen atoms in total. The van der Waals surface area contributed by atoms with Crippen LogP contribution in [0, 0.1) is 5.92 Å². The number of carbonyl (C=O) groups is 1. The maximum Gasteiger partial charge on any atom is 0.242 e. The number of nitrogens with one attached hydrogen (secondary N) is 1. The molecule has 8 heteroatoms. The maximum atomic E-state index is 12.6. The van der Waals surface area contributed by atoms with Crippen molar-refractivity contribution in [3.8, 4) is 0 Å². The largest absolute Gasteiger partial charge is 0.316 e. The second-order valence-electron chi connectivity index (χ2n) is 6.01. The van der Waals surface area contributed by atoms with Crippen LogP contribution in [0.1, 0.15) is 12.0 Å². The second kappa shape index (κ2) is 6.76. The van der Waals surface area contributed by atoms with E-state index in [1.807, 2.05) is 6.07 Å². The zero-order valence-electron chi connectivity index (χ0n) is 13.3. The topological polar surface area (TPSA) is 69.7 Å². The van der Waals surface area contributed by atoms with Crippen LogP contribution in [-0.2, 0) is 21.2 Å². The van der Waals surface area contributed by atoms with Crippen LogP contribution in [0.15, 0.2) is 23.1 Å². The third-order valence-electron chi connectivity index (χ3n) is 4.41. The van der Waals surface area contributed by atoms with E-state index in [0.29, 0.717) is 13.1 Å². The summed E-state index contributed by atoms with van der Waals surface area (Å²) in [6, 6.07) is 5.09. The van der Waals surface area contributed by atoms with Gasteiger partial charge in [0.25, 0.3) is 0 Å². The van der Waals surface area contributed by atoms with Gasteiger partial charge in [-0.15, -0.1) is 12.4 Å². The van der Waals surface area contributed by atoms with Gasteiger partial charge in [-0.25, -0.2) is 12.7 Å². The van der Waals surface area contributed by atoms with Gasteiger partial charge in [-0.05, 0) is 37.1 Å². The van der Waals surface area contributed by atoms with Gasteiger partial charge >= 0.3 is 0 Å². The molecular formula is C15H22ClN3O3S. The molecule has 1 saturated heterocycles. The van der Waals surface area contributed by atoms with E-state index in [1.165, 1.54) is 18.4 Å². The first-order valence-electron chi connectivity index (χ1n) is 7.49. The average molecular weight is 360 g/mol. The van der Waals surface area contributed by atoms with Crippen LogP contribution < -0.4 is 10.2 Å².